The molecule has 0 spiro atoms. The number of nitrogens with one attached hydrogen (secondary N) is 1. The molecule has 0 aromatic heterocycles. The smallest absolute Gasteiger partial charge is 0.735 e. The largest absolute Gasteiger partial charge is 1.00 e. The number of likely N-dealkylation sites (tertiary alicyclic amines) is 1. The van der Waals surface area contributed by atoms with Gasteiger partial charge in [-0.25, -0.2) is 17.9 Å². The fourth-order valence-electron chi connectivity index (χ4n) is 1.60. The van der Waals surface area contributed by atoms with Gasteiger partial charge in [0.1, 0.15) is 0 Å². The summed E-state index contributed by atoms with van der Waals surface area (Å²) < 4.78 is 38.1. The standard InChI is InChI=1S/C8H16N2O5S.Na/c1-2-15-8(11)10-5-3-7(4-6-10)9-16(12,13)14;/h7,9H,2-6H2,1H3,(H,12,13,14);/q;+1/p-1. The minimum Gasteiger partial charge on any atom is -0.735 e. The first-order valence-corrected chi connectivity index (χ1v) is 6.48. The van der Waals surface area contributed by atoms with Crippen molar-refractivity contribution in [3.05, 3.63) is 0 Å². The Bertz CT molecular complexity index is 340. The Balaban J connectivity index is 0.00000256. The molecule has 0 unspecified atom stereocenters. The number of nitrogens with zero attached hydrogens (tertiary/aromatic N) is 1. The van der Waals surface area contributed by atoms with E-state index < -0.39 is 16.4 Å². The topological polar surface area (TPSA) is 98.8 Å². The summed E-state index contributed by atoms with van der Waals surface area (Å²) in [5.74, 6) is 0. The van der Waals surface area contributed by atoms with Gasteiger partial charge < -0.3 is 14.2 Å². The van der Waals surface area contributed by atoms with Crippen LogP contribution in [0.25, 0.3) is 0 Å². The summed E-state index contributed by atoms with van der Waals surface area (Å²) in [6, 6.07) is -0.381. The van der Waals surface area contributed by atoms with Crippen molar-refractivity contribution in [2.24, 2.45) is 0 Å². The van der Waals surface area contributed by atoms with Gasteiger partial charge in [-0.3, -0.25) is 0 Å². The van der Waals surface area contributed by atoms with Crippen molar-refractivity contribution in [2.75, 3.05) is 19.7 Å². The van der Waals surface area contributed by atoms with E-state index in [1.165, 1.54) is 4.90 Å². The van der Waals surface area contributed by atoms with Crippen molar-refractivity contribution in [3.63, 3.8) is 0 Å². The van der Waals surface area contributed by atoms with Gasteiger partial charge in [0.2, 0.25) is 0 Å². The second kappa shape index (κ2) is 7.55. The van der Waals surface area contributed by atoms with Crippen LogP contribution in [0.5, 0.6) is 0 Å². The van der Waals surface area contributed by atoms with Crippen LogP contribution in [0.1, 0.15) is 19.8 Å². The molecule has 17 heavy (non-hydrogen) atoms. The van der Waals surface area contributed by atoms with E-state index in [4.69, 9.17) is 4.74 Å². The van der Waals surface area contributed by atoms with Crippen LogP contribution in [-0.2, 0) is 15.0 Å². The number of carbonyl (C=O) groups excluding carboxylic acids is 1. The van der Waals surface area contributed by atoms with Gasteiger partial charge in [-0.15, -0.1) is 0 Å². The van der Waals surface area contributed by atoms with Crippen LogP contribution in [0, 0.1) is 0 Å². The van der Waals surface area contributed by atoms with Crippen LogP contribution in [0.4, 0.5) is 4.79 Å². The molecule has 0 radical (unpaired) electrons. The van der Waals surface area contributed by atoms with Gasteiger partial charge in [-0.2, -0.15) is 0 Å². The molecule has 94 valence electrons. The minimum atomic E-state index is -4.41. The summed E-state index contributed by atoms with van der Waals surface area (Å²) in [6.07, 6.45) is 0.464. The van der Waals surface area contributed by atoms with Crippen molar-refractivity contribution in [2.45, 2.75) is 25.8 Å². The van der Waals surface area contributed by atoms with Crippen LogP contribution < -0.4 is 34.3 Å². The summed E-state index contributed by atoms with van der Waals surface area (Å²) in [5, 5.41) is 0. The number of carbonyl (C=O) groups is 1. The Morgan fingerprint density at radius 3 is 2.41 bits per heavy atom. The Kier molecular flexibility index (Phi) is 7.61. The van der Waals surface area contributed by atoms with Crippen molar-refractivity contribution in [1.29, 1.82) is 0 Å². The molecule has 1 saturated heterocycles. The SMILES string of the molecule is CCOC(=O)N1CCC(NS(=O)(=O)[O-])CC1.[Na+]. The Morgan fingerprint density at radius 2 is 2.00 bits per heavy atom. The number of piperidine rings is 1. The summed E-state index contributed by atoms with van der Waals surface area (Å²) in [6.45, 7) is 2.82. The molecule has 0 aromatic carbocycles. The van der Waals surface area contributed by atoms with Crippen LogP contribution in [0.3, 0.4) is 0 Å². The van der Waals surface area contributed by atoms with Crippen LogP contribution in [0.2, 0.25) is 0 Å². The van der Waals surface area contributed by atoms with E-state index in [2.05, 4.69) is 0 Å². The normalized spacial score (nSPS) is 17.4. The van der Waals surface area contributed by atoms with Gasteiger partial charge >= 0.3 is 35.7 Å². The second-order valence-corrected chi connectivity index (χ2v) is 4.68. The van der Waals surface area contributed by atoms with E-state index in [9.17, 15) is 17.8 Å². The van der Waals surface area contributed by atoms with E-state index in [0.29, 0.717) is 32.5 Å². The monoisotopic (exact) mass is 274 g/mol. The van der Waals surface area contributed by atoms with E-state index >= 15 is 0 Å². The maximum Gasteiger partial charge on any atom is 1.00 e. The summed E-state index contributed by atoms with van der Waals surface area (Å²) in [4.78, 5) is 12.8. The Morgan fingerprint density at radius 1 is 1.47 bits per heavy atom. The molecule has 1 aliphatic heterocycles. The van der Waals surface area contributed by atoms with Crippen LogP contribution in [0.15, 0.2) is 0 Å². The fourth-order valence-corrected chi connectivity index (χ4v) is 2.24. The maximum absolute atomic E-state index is 11.3. The third-order valence-electron chi connectivity index (χ3n) is 2.33. The van der Waals surface area contributed by atoms with Gasteiger partial charge in [-0.1, -0.05) is 0 Å². The van der Waals surface area contributed by atoms with Crippen molar-refractivity contribution in [3.8, 4) is 0 Å². The molecular weight excluding hydrogens is 259 g/mol. The van der Waals surface area contributed by atoms with E-state index in [-0.39, 0.29) is 35.6 Å². The average molecular weight is 274 g/mol. The van der Waals surface area contributed by atoms with E-state index in [0.717, 1.165) is 0 Å². The third kappa shape index (κ3) is 6.58. The fraction of sp³-hybridized carbons (Fsp3) is 0.875. The van der Waals surface area contributed by atoms with Crippen LogP contribution >= 0.6 is 0 Å². The molecular formula is C8H15N2NaO5S. The molecule has 7 nitrogen and oxygen atoms in total. The van der Waals surface area contributed by atoms with Gasteiger partial charge in [0, 0.05) is 19.1 Å². The number of hydrogen-bond donors (Lipinski definition) is 1. The van der Waals surface area contributed by atoms with Gasteiger partial charge in [0.25, 0.3) is 0 Å². The van der Waals surface area contributed by atoms with Gasteiger partial charge in [0.15, 0.2) is 10.3 Å². The van der Waals surface area contributed by atoms with Crippen molar-refractivity contribution >= 4 is 16.4 Å². The molecule has 0 aliphatic carbocycles. The number of rotatable bonds is 3. The molecule has 9 heteroatoms. The van der Waals surface area contributed by atoms with Crippen molar-refractivity contribution < 1.29 is 52.1 Å². The van der Waals surface area contributed by atoms with Gasteiger partial charge in [0.05, 0.1) is 6.61 Å². The molecule has 0 aromatic rings. The first-order valence-electron chi connectivity index (χ1n) is 5.07. The molecule has 1 N–H and O–H groups in total. The minimum absolute atomic E-state index is 0. The Labute approximate surface area is 123 Å². The zero-order valence-electron chi connectivity index (χ0n) is 10.0. The molecule has 0 atom stereocenters. The predicted octanol–water partition coefficient (Wildman–Crippen LogP) is -3.34. The Hall–Kier alpha value is 0.140. The summed E-state index contributed by atoms with van der Waals surface area (Å²) >= 11 is 0. The first-order chi connectivity index (χ1) is 7.42. The molecule has 1 heterocycles. The molecule has 0 bridgehead atoms. The summed E-state index contributed by atoms with van der Waals surface area (Å²) in [5.41, 5.74) is 0. The van der Waals surface area contributed by atoms with E-state index in [1.54, 1.807) is 6.92 Å². The third-order valence-corrected chi connectivity index (χ3v) is 2.95. The average Bonchev–Trinajstić information content (AvgIpc) is 2.16. The van der Waals surface area contributed by atoms with Gasteiger partial charge in [-0.05, 0) is 19.8 Å². The zero-order chi connectivity index (χ0) is 12.2. The molecule has 1 rings (SSSR count). The summed E-state index contributed by atoms with van der Waals surface area (Å²) in [7, 11) is -4.41. The van der Waals surface area contributed by atoms with Crippen molar-refractivity contribution in [1.82, 2.24) is 9.62 Å². The molecule has 0 saturated carbocycles. The number of hydrogen-bond acceptors (Lipinski definition) is 5. The first kappa shape index (κ1) is 17.1. The second-order valence-electron chi connectivity index (χ2n) is 3.53. The number of ether oxygens (including phenoxy) is 1. The predicted molar refractivity (Wildman–Crippen MR) is 54.4 cm³/mol. The van der Waals surface area contributed by atoms with E-state index in [1.807, 2.05) is 4.72 Å². The van der Waals surface area contributed by atoms with Crippen LogP contribution in [-0.4, -0.2) is 49.7 Å². The molecule has 1 amide bonds. The molecule has 1 aliphatic rings. The quantitative estimate of drug-likeness (QED) is 0.428. The molecule has 1 fully saturated rings. The number of amides is 1. The maximum atomic E-state index is 11.3. The zero-order valence-corrected chi connectivity index (χ0v) is 12.8.